The zero-order valence-electron chi connectivity index (χ0n) is 15.1. The van der Waals surface area contributed by atoms with Crippen molar-refractivity contribution < 1.29 is 14.5 Å². The molecule has 1 aromatic heterocycles. The quantitative estimate of drug-likeness (QED) is 0.602. The molecule has 1 heterocycles. The van der Waals surface area contributed by atoms with E-state index in [0.29, 0.717) is 11.4 Å². The second-order valence-corrected chi connectivity index (χ2v) is 6.01. The Kier molecular flexibility index (Phi) is 5.71. The topological polar surface area (TPSA) is 119 Å². The Hall–Kier alpha value is -3.23. The van der Waals surface area contributed by atoms with Crippen molar-refractivity contribution in [1.29, 1.82) is 0 Å². The Labute approximate surface area is 150 Å². The zero-order chi connectivity index (χ0) is 19.4. The van der Waals surface area contributed by atoms with Gasteiger partial charge in [-0.1, -0.05) is 12.1 Å². The second kappa shape index (κ2) is 7.77. The first-order chi connectivity index (χ1) is 12.2. The van der Waals surface area contributed by atoms with E-state index >= 15 is 0 Å². The molecule has 0 aliphatic rings. The third-order valence-corrected chi connectivity index (χ3v) is 4.14. The number of benzene rings is 1. The Balaban J connectivity index is 1.93. The van der Waals surface area contributed by atoms with Gasteiger partial charge in [0.05, 0.1) is 11.5 Å². The molecule has 2 rings (SSSR count). The number of nitrogens with zero attached hydrogens (tertiary/aromatic N) is 3. The van der Waals surface area contributed by atoms with Crippen molar-refractivity contribution in [3.05, 3.63) is 50.8 Å². The maximum Gasteiger partial charge on any atom is 0.312 e. The van der Waals surface area contributed by atoms with Gasteiger partial charge in [-0.2, -0.15) is 5.10 Å². The summed E-state index contributed by atoms with van der Waals surface area (Å²) in [6.07, 6.45) is 0. The minimum Gasteiger partial charge on any atom is -0.345 e. The molecule has 2 N–H and O–H groups in total. The van der Waals surface area contributed by atoms with Crippen molar-refractivity contribution in [2.75, 3.05) is 11.9 Å². The number of hydrogen-bond acceptors (Lipinski definition) is 5. The molecule has 138 valence electrons. The van der Waals surface area contributed by atoms with Gasteiger partial charge in [-0.05, 0) is 44.9 Å². The fraction of sp³-hybridized carbons (Fsp3) is 0.353. The van der Waals surface area contributed by atoms with Crippen LogP contribution in [0.2, 0.25) is 0 Å². The third-order valence-electron chi connectivity index (χ3n) is 4.14. The van der Waals surface area contributed by atoms with Crippen LogP contribution < -0.4 is 10.6 Å². The van der Waals surface area contributed by atoms with E-state index in [-0.39, 0.29) is 30.4 Å². The van der Waals surface area contributed by atoms with Gasteiger partial charge in [-0.25, -0.2) is 0 Å². The molecule has 0 fully saturated rings. The van der Waals surface area contributed by atoms with Gasteiger partial charge >= 0.3 is 5.69 Å². The number of rotatable bonds is 6. The maximum atomic E-state index is 12.0. The van der Waals surface area contributed by atoms with Crippen molar-refractivity contribution in [3.63, 3.8) is 0 Å². The molecule has 2 aromatic rings. The van der Waals surface area contributed by atoms with Crippen LogP contribution in [-0.4, -0.2) is 33.1 Å². The molecular weight excluding hydrogens is 338 g/mol. The van der Waals surface area contributed by atoms with Gasteiger partial charge in [-0.15, -0.1) is 0 Å². The number of anilines is 1. The average Bonchev–Trinajstić information content (AvgIpc) is 2.83. The Morgan fingerprint density at radius 1 is 1.19 bits per heavy atom. The molecule has 0 saturated carbocycles. The fourth-order valence-corrected chi connectivity index (χ4v) is 2.56. The first-order valence-electron chi connectivity index (χ1n) is 8.02. The molecule has 9 nitrogen and oxygen atoms in total. The Morgan fingerprint density at radius 3 is 2.50 bits per heavy atom. The van der Waals surface area contributed by atoms with Crippen LogP contribution in [0.25, 0.3) is 0 Å². The second-order valence-electron chi connectivity index (χ2n) is 6.01. The highest BCUT2D eigenvalue weighted by molar-refractivity contribution is 5.95. The number of hydrogen-bond donors (Lipinski definition) is 2. The van der Waals surface area contributed by atoms with E-state index in [0.717, 1.165) is 11.1 Å². The van der Waals surface area contributed by atoms with Gasteiger partial charge in [-0.3, -0.25) is 24.4 Å². The summed E-state index contributed by atoms with van der Waals surface area (Å²) in [6.45, 7) is 6.49. The minimum absolute atomic E-state index is 0.106. The molecular formula is C17H21N5O4. The first-order valence-corrected chi connectivity index (χ1v) is 8.02. The van der Waals surface area contributed by atoms with Crippen LogP contribution in [0.4, 0.5) is 11.4 Å². The molecule has 0 saturated heterocycles. The summed E-state index contributed by atoms with van der Waals surface area (Å²) in [5.74, 6) is -0.812. The van der Waals surface area contributed by atoms with Gasteiger partial charge < -0.3 is 10.6 Å². The predicted octanol–water partition coefficient (Wildman–Crippen LogP) is 1.78. The standard InChI is InChI=1S/C17H21N5O4/c1-10-6-5-7-14(11(10)2)19-15(23)8-18-16(24)9-21-13(4)17(22(25)26)12(3)20-21/h5-7H,8-9H2,1-4H3,(H,18,24)(H,19,23). The van der Waals surface area contributed by atoms with Crippen LogP contribution >= 0.6 is 0 Å². The van der Waals surface area contributed by atoms with Gasteiger partial charge in [0.2, 0.25) is 11.8 Å². The number of nitro groups is 1. The van der Waals surface area contributed by atoms with Crippen molar-refractivity contribution in [1.82, 2.24) is 15.1 Å². The van der Waals surface area contributed by atoms with Crippen LogP contribution in [0.3, 0.4) is 0 Å². The molecule has 2 amide bonds. The molecule has 1 aromatic carbocycles. The number of carbonyl (C=O) groups is 2. The van der Waals surface area contributed by atoms with Crippen LogP contribution in [0.1, 0.15) is 22.5 Å². The maximum absolute atomic E-state index is 12.0. The Morgan fingerprint density at radius 2 is 1.88 bits per heavy atom. The molecule has 0 atom stereocenters. The number of aromatic nitrogens is 2. The SMILES string of the molecule is Cc1cccc(NC(=O)CNC(=O)Cn2nc(C)c([N+](=O)[O-])c2C)c1C. The van der Waals surface area contributed by atoms with E-state index in [4.69, 9.17) is 0 Å². The summed E-state index contributed by atoms with van der Waals surface area (Å²) in [5, 5.41) is 20.2. The highest BCUT2D eigenvalue weighted by Gasteiger charge is 2.22. The van der Waals surface area contributed by atoms with E-state index in [9.17, 15) is 19.7 Å². The van der Waals surface area contributed by atoms with Gasteiger partial charge in [0.15, 0.2) is 0 Å². The monoisotopic (exact) mass is 359 g/mol. The van der Waals surface area contributed by atoms with Crippen LogP contribution in [0.15, 0.2) is 18.2 Å². The highest BCUT2D eigenvalue weighted by Crippen LogP contribution is 2.21. The summed E-state index contributed by atoms with van der Waals surface area (Å²) in [6, 6.07) is 5.57. The highest BCUT2D eigenvalue weighted by atomic mass is 16.6. The summed E-state index contributed by atoms with van der Waals surface area (Å²) >= 11 is 0. The number of carbonyl (C=O) groups excluding carboxylic acids is 2. The van der Waals surface area contributed by atoms with E-state index in [1.807, 2.05) is 26.0 Å². The summed E-state index contributed by atoms with van der Waals surface area (Å²) in [4.78, 5) is 34.5. The van der Waals surface area contributed by atoms with E-state index in [2.05, 4.69) is 15.7 Å². The molecule has 0 spiro atoms. The molecule has 9 heteroatoms. The molecule has 26 heavy (non-hydrogen) atoms. The van der Waals surface area contributed by atoms with Gasteiger partial charge in [0.25, 0.3) is 0 Å². The lowest BCUT2D eigenvalue weighted by molar-refractivity contribution is -0.386. The fourth-order valence-electron chi connectivity index (χ4n) is 2.56. The lowest BCUT2D eigenvalue weighted by atomic mass is 10.1. The smallest absolute Gasteiger partial charge is 0.312 e. The average molecular weight is 359 g/mol. The van der Waals surface area contributed by atoms with Crippen LogP contribution in [0, 0.1) is 37.8 Å². The van der Waals surface area contributed by atoms with E-state index in [1.165, 1.54) is 18.5 Å². The largest absolute Gasteiger partial charge is 0.345 e. The Bertz CT molecular complexity index is 872. The summed E-state index contributed by atoms with van der Waals surface area (Å²) in [5.41, 5.74) is 3.14. The molecule has 0 bridgehead atoms. The molecule has 0 aliphatic heterocycles. The molecule has 0 aliphatic carbocycles. The first kappa shape index (κ1) is 19.1. The molecule has 0 radical (unpaired) electrons. The lowest BCUT2D eigenvalue weighted by Gasteiger charge is -2.11. The van der Waals surface area contributed by atoms with Crippen molar-refractivity contribution in [2.24, 2.45) is 0 Å². The summed E-state index contributed by atoms with van der Waals surface area (Å²) < 4.78 is 1.26. The zero-order valence-corrected chi connectivity index (χ0v) is 15.1. The normalized spacial score (nSPS) is 10.5. The van der Waals surface area contributed by atoms with Gasteiger partial charge in [0.1, 0.15) is 17.9 Å². The van der Waals surface area contributed by atoms with E-state index < -0.39 is 10.8 Å². The van der Waals surface area contributed by atoms with Crippen molar-refractivity contribution in [2.45, 2.75) is 34.2 Å². The lowest BCUT2D eigenvalue weighted by Crippen LogP contribution is -2.35. The van der Waals surface area contributed by atoms with E-state index in [1.54, 1.807) is 6.07 Å². The number of amides is 2. The van der Waals surface area contributed by atoms with Crippen molar-refractivity contribution >= 4 is 23.2 Å². The number of nitrogens with one attached hydrogen (secondary N) is 2. The van der Waals surface area contributed by atoms with Crippen LogP contribution in [-0.2, 0) is 16.1 Å². The van der Waals surface area contributed by atoms with Gasteiger partial charge in [0, 0.05) is 5.69 Å². The number of aryl methyl sites for hydroxylation is 2. The summed E-state index contributed by atoms with van der Waals surface area (Å²) in [7, 11) is 0. The third kappa shape index (κ3) is 4.24. The molecule has 0 unspecified atom stereocenters. The van der Waals surface area contributed by atoms with Crippen LogP contribution in [0.5, 0.6) is 0 Å². The predicted molar refractivity (Wildman–Crippen MR) is 95.9 cm³/mol. The van der Waals surface area contributed by atoms with Crippen molar-refractivity contribution in [3.8, 4) is 0 Å². The minimum atomic E-state index is -0.524.